The topological polar surface area (TPSA) is 74.6 Å². The van der Waals surface area contributed by atoms with Crippen molar-refractivity contribution in [3.05, 3.63) is 23.8 Å². The second-order valence-electron chi connectivity index (χ2n) is 2.36. The van der Waals surface area contributed by atoms with Crippen LogP contribution in [0, 0.1) is 0 Å². The molecule has 75 valence electrons. The number of carbonyl (C=O) groups is 2. The first-order valence-corrected chi connectivity index (χ1v) is 3.58. The zero-order valence-corrected chi connectivity index (χ0v) is 12.1. The van der Waals surface area contributed by atoms with Crippen molar-refractivity contribution in [1.82, 2.24) is 0 Å². The molecule has 0 aliphatic carbocycles. The van der Waals surface area contributed by atoms with Crippen LogP contribution in [0.3, 0.4) is 0 Å². The van der Waals surface area contributed by atoms with Crippen LogP contribution in [0.25, 0.3) is 0 Å². The standard InChI is InChI=1S/C5H8O2.C4H6O2.K/c1-3-4(2)5(6)7;1-3(2)4(5)6;/h3H,1-2H3,(H,6,7);1H2,2H3,(H,5,6);. The van der Waals surface area contributed by atoms with Crippen molar-refractivity contribution >= 4 is 63.3 Å². The normalized spacial score (nSPS) is 8.93. The maximum absolute atomic E-state index is 9.86. The Balaban J connectivity index is -0.000000163. The average Bonchev–Trinajstić information content (AvgIpc) is 2.03. The second kappa shape index (κ2) is 11.1. The minimum atomic E-state index is -0.935. The molecule has 0 spiro atoms. The third-order valence-corrected chi connectivity index (χ3v) is 1.14. The first-order valence-electron chi connectivity index (χ1n) is 3.58. The summed E-state index contributed by atoms with van der Waals surface area (Å²) in [4.78, 5) is 19.5. The Bertz CT molecular complexity index is 231. The number of allylic oxidation sites excluding steroid dienone is 1. The summed E-state index contributed by atoms with van der Waals surface area (Å²) in [6.45, 7) is 7.86. The minimum absolute atomic E-state index is 0. The molecule has 0 aliphatic rings. The molecule has 0 unspecified atom stereocenters. The monoisotopic (exact) mass is 225 g/mol. The summed E-state index contributed by atoms with van der Waals surface area (Å²) < 4.78 is 0. The molecular formula is C9H14KO4. The van der Waals surface area contributed by atoms with Gasteiger partial charge in [0.2, 0.25) is 0 Å². The second-order valence-corrected chi connectivity index (χ2v) is 2.36. The van der Waals surface area contributed by atoms with Gasteiger partial charge in [-0.15, -0.1) is 0 Å². The van der Waals surface area contributed by atoms with Gasteiger partial charge in [-0.2, -0.15) is 0 Å². The Hall–Kier alpha value is 0.0564. The van der Waals surface area contributed by atoms with Crippen LogP contribution in [0.1, 0.15) is 20.8 Å². The number of hydrogen-bond acceptors (Lipinski definition) is 2. The summed E-state index contributed by atoms with van der Waals surface area (Å²) in [6, 6.07) is 0. The predicted octanol–water partition coefficient (Wildman–Crippen LogP) is 1.30. The zero-order chi connectivity index (χ0) is 11.0. The van der Waals surface area contributed by atoms with E-state index < -0.39 is 11.9 Å². The van der Waals surface area contributed by atoms with Gasteiger partial charge in [0.25, 0.3) is 0 Å². The SMILES string of the molecule is C=C(C)C(=O)O.CC=C(C)C(=O)O.[K]. The number of carboxylic acids is 2. The van der Waals surface area contributed by atoms with Gasteiger partial charge in [0.05, 0.1) is 0 Å². The van der Waals surface area contributed by atoms with E-state index in [2.05, 4.69) is 6.58 Å². The van der Waals surface area contributed by atoms with E-state index in [-0.39, 0.29) is 57.0 Å². The third-order valence-electron chi connectivity index (χ3n) is 1.14. The molecule has 0 saturated carbocycles. The van der Waals surface area contributed by atoms with Gasteiger partial charge >= 0.3 is 11.9 Å². The van der Waals surface area contributed by atoms with Crippen LogP contribution in [0.5, 0.6) is 0 Å². The quantitative estimate of drug-likeness (QED) is 0.549. The molecule has 14 heavy (non-hydrogen) atoms. The summed E-state index contributed by atoms with van der Waals surface area (Å²) >= 11 is 0. The van der Waals surface area contributed by atoms with E-state index >= 15 is 0 Å². The zero-order valence-electron chi connectivity index (χ0n) is 9.00. The van der Waals surface area contributed by atoms with Crippen LogP contribution in [0.15, 0.2) is 23.8 Å². The van der Waals surface area contributed by atoms with Crippen molar-refractivity contribution < 1.29 is 19.8 Å². The van der Waals surface area contributed by atoms with E-state index in [0.717, 1.165) is 0 Å². The molecular weight excluding hydrogens is 211 g/mol. The van der Waals surface area contributed by atoms with Crippen LogP contribution >= 0.6 is 0 Å². The van der Waals surface area contributed by atoms with Crippen molar-refractivity contribution in [2.75, 3.05) is 0 Å². The summed E-state index contributed by atoms with van der Waals surface area (Å²) in [5.41, 5.74) is 0.565. The van der Waals surface area contributed by atoms with Gasteiger partial charge < -0.3 is 10.2 Å². The molecule has 0 aromatic carbocycles. The van der Waals surface area contributed by atoms with E-state index in [1.165, 1.54) is 6.92 Å². The fraction of sp³-hybridized carbons (Fsp3) is 0.333. The van der Waals surface area contributed by atoms with E-state index in [1.807, 2.05) is 0 Å². The fourth-order valence-electron chi connectivity index (χ4n) is 0.123. The van der Waals surface area contributed by atoms with Crippen LogP contribution in [0.4, 0.5) is 0 Å². The Morgan fingerprint density at radius 3 is 1.43 bits per heavy atom. The molecule has 1 radical (unpaired) electrons. The van der Waals surface area contributed by atoms with Crippen LogP contribution < -0.4 is 0 Å². The summed E-state index contributed by atoms with van der Waals surface area (Å²) in [5, 5.41) is 16.0. The average molecular weight is 225 g/mol. The Kier molecular flexibility index (Phi) is 15.6. The molecule has 0 bridgehead atoms. The minimum Gasteiger partial charge on any atom is -0.478 e. The molecule has 0 rings (SSSR count). The molecule has 0 fully saturated rings. The van der Waals surface area contributed by atoms with Crippen molar-refractivity contribution in [3.63, 3.8) is 0 Å². The molecule has 0 aliphatic heterocycles. The first-order chi connectivity index (χ1) is 5.82. The van der Waals surface area contributed by atoms with Gasteiger partial charge in [0, 0.05) is 62.5 Å². The number of carboxylic acid groups (broad SMARTS) is 2. The van der Waals surface area contributed by atoms with Crippen molar-refractivity contribution in [2.45, 2.75) is 20.8 Å². The van der Waals surface area contributed by atoms with E-state index in [0.29, 0.717) is 5.57 Å². The third kappa shape index (κ3) is 14.6. The summed E-state index contributed by atoms with van der Waals surface area (Å²) in [7, 11) is 0. The van der Waals surface area contributed by atoms with Gasteiger partial charge in [0.15, 0.2) is 0 Å². The maximum Gasteiger partial charge on any atom is 0.330 e. The van der Waals surface area contributed by atoms with Crippen LogP contribution in [-0.4, -0.2) is 73.5 Å². The van der Waals surface area contributed by atoms with Crippen LogP contribution in [-0.2, 0) is 9.59 Å². The molecule has 0 saturated heterocycles. The number of hydrogen-bond donors (Lipinski definition) is 2. The molecule has 2 N–H and O–H groups in total. The van der Waals surface area contributed by atoms with Gasteiger partial charge in [-0.3, -0.25) is 0 Å². The van der Waals surface area contributed by atoms with E-state index in [4.69, 9.17) is 10.2 Å². The molecule has 0 aromatic rings. The summed E-state index contributed by atoms with van der Waals surface area (Å²) in [6.07, 6.45) is 1.56. The number of aliphatic carboxylic acids is 2. The van der Waals surface area contributed by atoms with Gasteiger partial charge in [-0.05, 0) is 20.8 Å². The first kappa shape index (κ1) is 19.6. The molecule has 0 atom stereocenters. The molecule has 0 aromatic heterocycles. The largest absolute Gasteiger partial charge is 0.478 e. The molecule has 5 heteroatoms. The summed E-state index contributed by atoms with van der Waals surface area (Å²) in [5.74, 6) is -1.78. The fourth-order valence-corrected chi connectivity index (χ4v) is 0.123. The van der Waals surface area contributed by atoms with Gasteiger partial charge in [-0.1, -0.05) is 12.7 Å². The predicted molar refractivity (Wildman–Crippen MR) is 55.3 cm³/mol. The van der Waals surface area contributed by atoms with Gasteiger partial charge in [0.1, 0.15) is 0 Å². The Labute approximate surface area is 126 Å². The van der Waals surface area contributed by atoms with Crippen molar-refractivity contribution in [1.29, 1.82) is 0 Å². The van der Waals surface area contributed by atoms with Crippen molar-refractivity contribution in [2.24, 2.45) is 0 Å². The van der Waals surface area contributed by atoms with Crippen molar-refractivity contribution in [3.8, 4) is 0 Å². The smallest absolute Gasteiger partial charge is 0.330 e. The molecule has 4 nitrogen and oxygen atoms in total. The maximum atomic E-state index is 9.86. The molecule has 0 amide bonds. The number of rotatable bonds is 2. The molecule has 0 heterocycles. The van der Waals surface area contributed by atoms with E-state index in [1.54, 1.807) is 19.9 Å². The van der Waals surface area contributed by atoms with E-state index in [9.17, 15) is 9.59 Å². The Morgan fingerprint density at radius 1 is 1.14 bits per heavy atom. The van der Waals surface area contributed by atoms with Crippen LogP contribution in [0.2, 0.25) is 0 Å². The Morgan fingerprint density at radius 2 is 1.43 bits per heavy atom. The van der Waals surface area contributed by atoms with Gasteiger partial charge in [-0.25, -0.2) is 9.59 Å².